The molecule has 0 aliphatic carbocycles. The molecule has 146 valence electrons. The number of phenolic OH excluding ortho intramolecular Hbond substituents is 1. The maximum Gasteiger partial charge on any atom is 0.147 e. The Balaban J connectivity index is 1.55. The number of aromatic hydroxyl groups is 1. The smallest absolute Gasteiger partial charge is 0.147 e. The number of nitrogens with zero attached hydrogens (tertiary/aromatic N) is 4. The monoisotopic (exact) mass is 386 g/mol. The predicted molar refractivity (Wildman–Crippen MR) is 114 cm³/mol. The molecule has 5 rings (SSSR count). The average Bonchev–Trinajstić information content (AvgIpc) is 3.18. The van der Waals surface area contributed by atoms with Crippen molar-refractivity contribution >= 4 is 16.7 Å². The maximum atomic E-state index is 10.2. The van der Waals surface area contributed by atoms with Gasteiger partial charge in [-0.15, -0.1) is 0 Å². The minimum absolute atomic E-state index is 0.252. The highest BCUT2D eigenvalue weighted by Gasteiger charge is 2.19. The fourth-order valence-electron chi connectivity index (χ4n) is 3.85. The summed E-state index contributed by atoms with van der Waals surface area (Å²) in [5.74, 6) is 1.10. The van der Waals surface area contributed by atoms with Gasteiger partial charge in [-0.3, -0.25) is 10.1 Å². The van der Waals surface area contributed by atoms with Gasteiger partial charge in [0.1, 0.15) is 23.0 Å². The number of aromatic amines is 1. The SMILES string of the molecule is NC1CCN(c2cncc(-c3n[nH]c4ccc(-c5ccccc5O)cc34)n2)CC1. The van der Waals surface area contributed by atoms with Crippen LogP contribution in [0.15, 0.2) is 54.9 Å². The van der Waals surface area contributed by atoms with Crippen LogP contribution >= 0.6 is 0 Å². The molecule has 1 fully saturated rings. The lowest BCUT2D eigenvalue weighted by atomic mass is 10.0. The highest BCUT2D eigenvalue weighted by Crippen LogP contribution is 2.33. The van der Waals surface area contributed by atoms with Gasteiger partial charge in [-0.2, -0.15) is 5.10 Å². The fraction of sp³-hybridized carbons (Fsp3) is 0.227. The molecule has 29 heavy (non-hydrogen) atoms. The first-order valence-electron chi connectivity index (χ1n) is 9.78. The Kier molecular flexibility index (Phi) is 4.37. The van der Waals surface area contributed by atoms with Crippen LogP contribution in [0.5, 0.6) is 5.75 Å². The van der Waals surface area contributed by atoms with E-state index in [1.165, 1.54) is 0 Å². The zero-order chi connectivity index (χ0) is 19.8. The highest BCUT2D eigenvalue weighted by atomic mass is 16.3. The van der Waals surface area contributed by atoms with E-state index in [0.29, 0.717) is 0 Å². The number of piperidine rings is 1. The van der Waals surface area contributed by atoms with Crippen LogP contribution < -0.4 is 10.6 Å². The molecule has 4 aromatic rings. The van der Waals surface area contributed by atoms with Crippen LogP contribution in [0.3, 0.4) is 0 Å². The van der Waals surface area contributed by atoms with Crippen molar-refractivity contribution in [3.8, 4) is 28.3 Å². The third-order valence-electron chi connectivity index (χ3n) is 5.51. The number of anilines is 1. The molecule has 2 aromatic carbocycles. The van der Waals surface area contributed by atoms with Crippen LogP contribution in [0.1, 0.15) is 12.8 Å². The molecule has 0 bridgehead atoms. The Morgan fingerprint density at radius 3 is 2.72 bits per heavy atom. The number of nitrogens with one attached hydrogen (secondary N) is 1. The van der Waals surface area contributed by atoms with Crippen molar-refractivity contribution in [3.05, 3.63) is 54.9 Å². The summed E-state index contributed by atoms with van der Waals surface area (Å²) in [4.78, 5) is 11.5. The molecule has 0 atom stereocenters. The quantitative estimate of drug-likeness (QED) is 0.499. The summed E-state index contributed by atoms with van der Waals surface area (Å²) in [6.45, 7) is 1.77. The third kappa shape index (κ3) is 3.30. The van der Waals surface area contributed by atoms with E-state index in [9.17, 15) is 5.11 Å². The number of benzene rings is 2. The molecule has 1 saturated heterocycles. The lowest BCUT2D eigenvalue weighted by Crippen LogP contribution is -2.40. The Labute approximate surface area is 168 Å². The lowest BCUT2D eigenvalue weighted by Gasteiger charge is -2.30. The van der Waals surface area contributed by atoms with Crippen LogP contribution in [-0.4, -0.2) is 44.4 Å². The number of rotatable bonds is 3. The average molecular weight is 386 g/mol. The molecular formula is C22H22N6O. The van der Waals surface area contributed by atoms with E-state index >= 15 is 0 Å². The van der Waals surface area contributed by atoms with E-state index < -0.39 is 0 Å². The van der Waals surface area contributed by atoms with Gasteiger partial charge in [-0.05, 0) is 36.6 Å². The topological polar surface area (TPSA) is 104 Å². The largest absolute Gasteiger partial charge is 0.507 e. The van der Waals surface area contributed by atoms with Gasteiger partial charge in [-0.25, -0.2) is 4.98 Å². The fourth-order valence-corrected chi connectivity index (χ4v) is 3.85. The summed E-state index contributed by atoms with van der Waals surface area (Å²) in [6.07, 6.45) is 5.45. The normalized spacial score (nSPS) is 15.1. The van der Waals surface area contributed by atoms with Crippen LogP contribution in [0.25, 0.3) is 33.4 Å². The van der Waals surface area contributed by atoms with E-state index in [0.717, 1.165) is 65.2 Å². The second kappa shape index (κ2) is 7.18. The van der Waals surface area contributed by atoms with E-state index in [1.54, 1.807) is 18.5 Å². The molecule has 0 saturated carbocycles. The second-order valence-electron chi connectivity index (χ2n) is 7.44. The van der Waals surface area contributed by atoms with Gasteiger partial charge in [0.25, 0.3) is 0 Å². The first kappa shape index (κ1) is 17.6. The van der Waals surface area contributed by atoms with E-state index in [2.05, 4.69) is 20.1 Å². The zero-order valence-corrected chi connectivity index (χ0v) is 15.9. The van der Waals surface area contributed by atoms with Crippen molar-refractivity contribution in [3.63, 3.8) is 0 Å². The molecule has 7 heteroatoms. The zero-order valence-electron chi connectivity index (χ0n) is 15.9. The Morgan fingerprint density at radius 1 is 1.07 bits per heavy atom. The van der Waals surface area contributed by atoms with Crippen molar-refractivity contribution in [2.45, 2.75) is 18.9 Å². The summed E-state index contributed by atoms with van der Waals surface area (Å²) in [7, 11) is 0. The number of H-pyrrole nitrogens is 1. The van der Waals surface area contributed by atoms with Crippen LogP contribution in [0.4, 0.5) is 5.82 Å². The number of phenols is 1. The number of aromatic nitrogens is 4. The minimum atomic E-state index is 0.252. The van der Waals surface area contributed by atoms with Crippen LogP contribution in [0, 0.1) is 0 Å². The summed E-state index contributed by atoms with van der Waals surface area (Å²) >= 11 is 0. The van der Waals surface area contributed by atoms with Crippen molar-refractivity contribution in [2.75, 3.05) is 18.0 Å². The minimum Gasteiger partial charge on any atom is -0.507 e. The van der Waals surface area contributed by atoms with Crippen molar-refractivity contribution in [1.29, 1.82) is 0 Å². The van der Waals surface area contributed by atoms with Gasteiger partial charge in [0.2, 0.25) is 0 Å². The summed E-state index contributed by atoms with van der Waals surface area (Å²) < 4.78 is 0. The highest BCUT2D eigenvalue weighted by molar-refractivity contribution is 5.95. The van der Waals surface area contributed by atoms with Crippen molar-refractivity contribution in [2.24, 2.45) is 5.73 Å². The number of hydrogen-bond acceptors (Lipinski definition) is 6. The summed E-state index contributed by atoms with van der Waals surface area (Å²) in [5, 5.41) is 18.7. The van der Waals surface area contributed by atoms with Crippen molar-refractivity contribution in [1.82, 2.24) is 20.2 Å². The summed E-state index contributed by atoms with van der Waals surface area (Å²) in [5.41, 5.74) is 10.1. The van der Waals surface area contributed by atoms with Gasteiger partial charge in [0, 0.05) is 30.1 Å². The van der Waals surface area contributed by atoms with Gasteiger partial charge >= 0.3 is 0 Å². The first-order valence-corrected chi connectivity index (χ1v) is 9.78. The van der Waals surface area contributed by atoms with Gasteiger partial charge in [-0.1, -0.05) is 24.3 Å². The molecule has 0 radical (unpaired) electrons. The number of para-hydroxylation sites is 1. The number of fused-ring (bicyclic) bond motifs is 1. The van der Waals surface area contributed by atoms with E-state index in [4.69, 9.17) is 10.7 Å². The van der Waals surface area contributed by atoms with E-state index in [-0.39, 0.29) is 11.8 Å². The Hall–Kier alpha value is -3.45. The molecule has 3 heterocycles. The number of hydrogen-bond donors (Lipinski definition) is 3. The Bertz CT molecular complexity index is 1160. The van der Waals surface area contributed by atoms with Gasteiger partial charge < -0.3 is 15.7 Å². The molecule has 0 spiro atoms. The second-order valence-corrected chi connectivity index (χ2v) is 7.44. The van der Waals surface area contributed by atoms with Crippen molar-refractivity contribution < 1.29 is 5.11 Å². The molecule has 2 aromatic heterocycles. The molecular weight excluding hydrogens is 364 g/mol. The molecule has 0 unspecified atom stereocenters. The van der Waals surface area contributed by atoms with Crippen LogP contribution in [-0.2, 0) is 0 Å². The molecule has 7 nitrogen and oxygen atoms in total. The Morgan fingerprint density at radius 2 is 1.90 bits per heavy atom. The predicted octanol–water partition coefficient (Wildman–Crippen LogP) is 3.32. The molecule has 1 aliphatic heterocycles. The van der Waals surface area contributed by atoms with Gasteiger partial charge in [0.05, 0.1) is 17.9 Å². The molecule has 1 aliphatic rings. The van der Waals surface area contributed by atoms with Gasteiger partial charge in [0.15, 0.2) is 0 Å². The lowest BCUT2D eigenvalue weighted by molar-refractivity contribution is 0.477. The van der Waals surface area contributed by atoms with Crippen LogP contribution in [0.2, 0.25) is 0 Å². The third-order valence-corrected chi connectivity index (χ3v) is 5.51. The molecule has 4 N–H and O–H groups in total. The summed E-state index contributed by atoms with van der Waals surface area (Å²) in [6, 6.07) is 13.6. The standard InChI is InChI=1S/C22H22N6O/c23-15-7-9-28(10-8-15)21-13-24-12-19(25-21)22-17-11-14(5-6-18(17)26-27-22)16-3-1-2-4-20(16)29/h1-6,11-13,15,29H,7-10,23H2,(H,26,27). The molecule has 0 amide bonds. The maximum absolute atomic E-state index is 10.2. The van der Waals surface area contributed by atoms with E-state index in [1.807, 2.05) is 36.4 Å². The number of nitrogens with two attached hydrogens (primary N) is 1. The first-order chi connectivity index (χ1) is 14.2.